The van der Waals surface area contributed by atoms with Gasteiger partial charge in [0, 0.05) is 12.6 Å². The van der Waals surface area contributed by atoms with Crippen LogP contribution in [0.15, 0.2) is 34.7 Å². The Morgan fingerprint density at radius 1 is 1.14 bits per heavy atom. The Labute approximate surface area is 127 Å². The van der Waals surface area contributed by atoms with Crippen molar-refractivity contribution >= 4 is 23.2 Å². The van der Waals surface area contributed by atoms with E-state index in [1.165, 1.54) is 13.1 Å². The summed E-state index contributed by atoms with van der Waals surface area (Å²) in [5.74, 6) is -0.150. The van der Waals surface area contributed by atoms with Gasteiger partial charge in [-0.2, -0.15) is 0 Å². The number of nitrogens with one attached hydrogen (secondary N) is 2. The van der Waals surface area contributed by atoms with Crippen LogP contribution in [0.2, 0.25) is 0 Å². The van der Waals surface area contributed by atoms with Crippen LogP contribution in [-0.4, -0.2) is 24.9 Å². The number of benzene rings is 1. The SMILES string of the molecule is CNC(=O)C(C)NC(=O)c1ccc(-c2ccc(N)c(N)c2)o1. The summed E-state index contributed by atoms with van der Waals surface area (Å²) < 4.78 is 5.50. The van der Waals surface area contributed by atoms with Gasteiger partial charge >= 0.3 is 0 Å². The van der Waals surface area contributed by atoms with E-state index in [0.29, 0.717) is 22.7 Å². The molecule has 1 aromatic heterocycles. The predicted octanol–water partition coefficient (Wildman–Crippen LogP) is 0.975. The lowest BCUT2D eigenvalue weighted by Crippen LogP contribution is -2.43. The number of nitrogen functional groups attached to an aromatic ring is 2. The smallest absolute Gasteiger partial charge is 0.287 e. The summed E-state index contributed by atoms with van der Waals surface area (Å²) in [6.07, 6.45) is 0. The average Bonchev–Trinajstić information content (AvgIpc) is 2.99. The second-order valence-electron chi connectivity index (χ2n) is 4.82. The maximum atomic E-state index is 12.0. The Balaban J connectivity index is 2.15. The van der Waals surface area contributed by atoms with Gasteiger partial charge in [0.15, 0.2) is 5.76 Å². The average molecular weight is 302 g/mol. The molecule has 1 heterocycles. The number of amides is 2. The highest BCUT2D eigenvalue weighted by atomic mass is 16.3. The van der Waals surface area contributed by atoms with Crippen LogP contribution in [0.3, 0.4) is 0 Å². The molecule has 1 unspecified atom stereocenters. The molecule has 0 aliphatic carbocycles. The Bertz CT molecular complexity index is 709. The topological polar surface area (TPSA) is 123 Å². The molecule has 7 heteroatoms. The van der Waals surface area contributed by atoms with E-state index in [-0.39, 0.29) is 11.7 Å². The van der Waals surface area contributed by atoms with E-state index in [1.807, 2.05) is 0 Å². The van der Waals surface area contributed by atoms with Gasteiger partial charge in [-0.05, 0) is 37.3 Å². The molecule has 0 fully saturated rings. The lowest BCUT2D eigenvalue weighted by molar-refractivity contribution is -0.122. The van der Waals surface area contributed by atoms with Crippen LogP contribution < -0.4 is 22.1 Å². The van der Waals surface area contributed by atoms with E-state index in [1.54, 1.807) is 31.2 Å². The highest BCUT2D eigenvalue weighted by Gasteiger charge is 2.18. The minimum atomic E-state index is -0.654. The lowest BCUT2D eigenvalue weighted by Gasteiger charge is -2.10. The summed E-state index contributed by atoms with van der Waals surface area (Å²) in [4.78, 5) is 23.4. The van der Waals surface area contributed by atoms with Crippen molar-refractivity contribution in [2.45, 2.75) is 13.0 Å². The largest absolute Gasteiger partial charge is 0.451 e. The van der Waals surface area contributed by atoms with Crippen LogP contribution in [0.25, 0.3) is 11.3 Å². The van der Waals surface area contributed by atoms with E-state index in [9.17, 15) is 9.59 Å². The van der Waals surface area contributed by atoms with Gasteiger partial charge in [-0.3, -0.25) is 9.59 Å². The zero-order valence-corrected chi connectivity index (χ0v) is 12.3. The first-order chi connectivity index (χ1) is 10.4. The summed E-state index contributed by atoms with van der Waals surface area (Å²) in [6, 6.07) is 7.62. The Kier molecular flexibility index (Phi) is 4.36. The number of hydrogen-bond acceptors (Lipinski definition) is 5. The summed E-state index contributed by atoms with van der Waals surface area (Å²) in [5, 5.41) is 5.00. The van der Waals surface area contributed by atoms with Crippen molar-refractivity contribution in [3.05, 3.63) is 36.1 Å². The Morgan fingerprint density at radius 3 is 2.50 bits per heavy atom. The maximum absolute atomic E-state index is 12.0. The second-order valence-corrected chi connectivity index (χ2v) is 4.82. The summed E-state index contributed by atoms with van der Waals surface area (Å²) in [5.41, 5.74) is 13.0. The van der Waals surface area contributed by atoms with E-state index in [2.05, 4.69) is 10.6 Å². The number of carbonyl (C=O) groups excluding carboxylic acids is 2. The summed E-state index contributed by atoms with van der Waals surface area (Å²) >= 11 is 0. The quantitative estimate of drug-likeness (QED) is 0.627. The lowest BCUT2D eigenvalue weighted by atomic mass is 10.1. The number of anilines is 2. The minimum absolute atomic E-state index is 0.112. The van der Waals surface area contributed by atoms with Crippen molar-refractivity contribution < 1.29 is 14.0 Å². The predicted molar refractivity (Wildman–Crippen MR) is 84.0 cm³/mol. The van der Waals surface area contributed by atoms with Gasteiger partial charge in [0.05, 0.1) is 11.4 Å². The number of likely N-dealkylation sites (N-methyl/N-ethyl adjacent to an activating group) is 1. The number of carbonyl (C=O) groups is 2. The molecule has 22 heavy (non-hydrogen) atoms. The second kappa shape index (κ2) is 6.21. The van der Waals surface area contributed by atoms with Crippen LogP contribution in [0, 0.1) is 0 Å². The highest BCUT2D eigenvalue weighted by Crippen LogP contribution is 2.26. The normalized spacial score (nSPS) is 11.7. The van der Waals surface area contributed by atoms with Gasteiger partial charge in [0.25, 0.3) is 5.91 Å². The molecular weight excluding hydrogens is 284 g/mol. The maximum Gasteiger partial charge on any atom is 0.287 e. The van der Waals surface area contributed by atoms with Gasteiger partial charge in [0.2, 0.25) is 5.91 Å². The molecule has 1 atom stereocenters. The molecule has 6 N–H and O–H groups in total. The van der Waals surface area contributed by atoms with Gasteiger partial charge in [-0.15, -0.1) is 0 Å². The Morgan fingerprint density at radius 2 is 1.86 bits per heavy atom. The third-order valence-electron chi connectivity index (χ3n) is 3.19. The van der Waals surface area contributed by atoms with Crippen molar-refractivity contribution in [3.63, 3.8) is 0 Å². The van der Waals surface area contributed by atoms with Crippen LogP contribution in [-0.2, 0) is 4.79 Å². The molecule has 2 amide bonds. The highest BCUT2D eigenvalue weighted by molar-refractivity contribution is 5.95. The molecule has 0 spiro atoms. The first-order valence-electron chi connectivity index (χ1n) is 6.70. The van der Waals surface area contributed by atoms with E-state index in [4.69, 9.17) is 15.9 Å². The van der Waals surface area contributed by atoms with Crippen LogP contribution >= 0.6 is 0 Å². The molecular formula is C15H18N4O3. The van der Waals surface area contributed by atoms with E-state index >= 15 is 0 Å². The number of furan rings is 1. The molecule has 2 aromatic rings. The number of rotatable bonds is 4. The van der Waals surface area contributed by atoms with Crippen LogP contribution in [0.4, 0.5) is 11.4 Å². The van der Waals surface area contributed by atoms with Crippen molar-refractivity contribution in [2.75, 3.05) is 18.5 Å². The van der Waals surface area contributed by atoms with Gasteiger partial charge in [0.1, 0.15) is 11.8 Å². The molecule has 0 radical (unpaired) electrons. The monoisotopic (exact) mass is 302 g/mol. The fraction of sp³-hybridized carbons (Fsp3) is 0.200. The van der Waals surface area contributed by atoms with Gasteiger partial charge in [-0.25, -0.2) is 0 Å². The molecule has 0 aliphatic heterocycles. The first-order valence-corrected chi connectivity index (χ1v) is 6.70. The fourth-order valence-electron chi connectivity index (χ4n) is 1.89. The molecule has 0 saturated heterocycles. The molecule has 0 bridgehead atoms. The van der Waals surface area contributed by atoms with Crippen molar-refractivity contribution in [1.82, 2.24) is 10.6 Å². The molecule has 1 aromatic carbocycles. The fourth-order valence-corrected chi connectivity index (χ4v) is 1.89. The number of hydrogen-bond donors (Lipinski definition) is 4. The van der Waals surface area contributed by atoms with E-state index in [0.717, 1.165) is 0 Å². The molecule has 2 rings (SSSR count). The Hall–Kier alpha value is -2.96. The van der Waals surface area contributed by atoms with Crippen LogP contribution in [0.1, 0.15) is 17.5 Å². The van der Waals surface area contributed by atoms with Gasteiger partial charge in [-0.1, -0.05) is 0 Å². The summed E-state index contributed by atoms with van der Waals surface area (Å²) in [6.45, 7) is 1.58. The molecule has 0 saturated carbocycles. The van der Waals surface area contributed by atoms with Gasteiger partial charge < -0.3 is 26.5 Å². The third kappa shape index (κ3) is 3.20. The minimum Gasteiger partial charge on any atom is -0.451 e. The number of nitrogens with two attached hydrogens (primary N) is 2. The van der Waals surface area contributed by atoms with Crippen molar-refractivity contribution in [3.8, 4) is 11.3 Å². The van der Waals surface area contributed by atoms with Crippen molar-refractivity contribution in [1.29, 1.82) is 0 Å². The molecule has 7 nitrogen and oxygen atoms in total. The standard InChI is InChI=1S/C15H18N4O3/c1-8(14(20)18-2)19-15(21)13-6-5-12(22-13)9-3-4-10(16)11(17)7-9/h3-8H,16-17H2,1-2H3,(H,18,20)(H,19,21). The summed E-state index contributed by atoms with van der Waals surface area (Å²) in [7, 11) is 1.50. The molecule has 116 valence electrons. The first kappa shape index (κ1) is 15.4. The third-order valence-corrected chi connectivity index (χ3v) is 3.19. The zero-order valence-electron chi connectivity index (χ0n) is 12.3. The molecule has 0 aliphatic rings. The zero-order chi connectivity index (χ0) is 16.3. The van der Waals surface area contributed by atoms with Crippen LogP contribution in [0.5, 0.6) is 0 Å². The van der Waals surface area contributed by atoms with Crippen molar-refractivity contribution in [2.24, 2.45) is 0 Å². The van der Waals surface area contributed by atoms with E-state index < -0.39 is 11.9 Å².